The van der Waals surface area contributed by atoms with Crippen LogP contribution >= 0.6 is 11.3 Å². The Morgan fingerprint density at radius 3 is 2.79 bits per heavy atom. The van der Waals surface area contributed by atoms with Gasteiger partial charge >= 0.3 is 0 Å². The summed E-state index contributed by atoms with van der Waals surface area (Å²) in [5.74, 6) is 0.652. The lowest BCUT2D eigenvalue weighted by Crippen LogP contribution is -2.03. The summed E-state index contributed by atoms with van der Waals surface area (Å²) in [7, 11) is 0. The van der Waals surface area contributed by atoms with E-state index in [4.69, 9.17) is 0 Å². The van der Waals surface area contributed by atoms with Crippen LogP contribution in [0.5, 0.6) is 0 Å². The van der Waals surface area contributed by atoms with Gasteiger partial charge in [0.05, 0.1) is 11.5 Å². The molecule has 0 aliphatic carbocycles. The molecule has 0 saturated heterocycles. The van der Waals surface area contributed by atoms with Gasteiger partial charge in [-0.1, -0.05) is 6.92 Å². The first kappa shape index (κ1) is 13.4. The molecule has 19 heavy (non-hydrogen) atoms. The molecule has 0 aliphatic rings. The van der Waals surface area contributed by atoms with Crippen molar-refractivity contribution in [3.05, 3.63) is 44.0 Å². The Hall–Kier alpha value is -2.02. The van der Waals surface area contributed by atoms with Crippen molar-refractivity contribution < 1.29 is 4.92 Å². The third-order valence-corrected chi connectivity index (χ3v) is 3.77. The van der Waals surface area contributed by atoms with Crippen molar-refractivity contribution in [1.29, 1.82) is 0 Å². The topological polar surface area (TPSA) is 81.0 Å². The van der Waals surface area contributed by atoms with E-state index in [1.54, 1.807) is 18.3 Å². The molecule has 2 aromatic rings. The molecule has 0 fully saturated rings. The van der Waals surface area contributed by atoms with E-state index in [1.807, 2.05) is 6.20 Å². The number of nitro groups is 1. The van der Waals surface area contributed by atoms with E-state index in [9.17, 15) is 10.1 Å². The number of hydrogen-bond acceptors (Lipinski definition) is 6. The molecule has 2 heterocycles. The lowest BCUT2D eigenvalue weighted by Gasteiger charge is -2.06. The maximum absolute atomic E-state index is 10.6. The second-order valence-corrected chi connectivity index (χ2v) is 5.24. The molecular weight excluding hydrogens is 264 g/mol. The van der Waals surface area contributed by atoms with E-state index < -0.39 is 4.92 Å². The van der Waals surface area contributed by atoms with Gasteiger partial charge in [-0.2, -0.15) is 0 Å². The van der Waals surface area contributed by atoms with Crippen molar-refractivity contribution >= 4 is 22.8 Å². The molecule has 0 bridgehead atoms. The molecule has 0 atom stereocenters. The third-order valence-electron chi connectivity index (χ3n) is 2.63. The minimum absolute atomic E-state index is 0.00516. The minimum Gasteiger partial charge on any atom is -0.363 e. The molecule has 0 aromatic carbocycles. The Kier molecular flexibility index (Phi) is 4.06. The van der Waals surface area contributed by atoms with E-state index >= 15 is 0 Å². The summed E-state index contributed by atoms with van der Waals surface area (Å²) in [5, 5.41) is 14.7. The lowest BCUT2D eigenvalue weighted by molar-refractivity contribution is -0.385. The van der Waals surface area contributed by atoms with Gasteiger partial charge in [0.15, 0.2) is 0 Å². The number of anilines is 1. The predicted molar refractivity (Wildman–Crippen MR) is 74.4 cm³/mol. The first-order valence-electron chi connectivity index (χ1n) is 5.88. The molecule has 100 valence electrons. The van der Waals surface area contributed by atoms with Crippen LogP contribution < -0.4 is 5.32 Å². The number of nitrogens with one attached hydrogen (secondary N) is 1. The normalized spacial score (nSPS) is 10.4. The zero-order valence-corrected chi connectivity index (χ0v) is 11.5. The van der Waals surface area contributed by atoms with E-state index in [-0.39, 0.29) is 5.69 Å². The monoisotopic (exact) mass is 278 g/mol. The number of rotatable bonds is 5. The van der Waals surface area contributed by atoms with Crippen LogP contribution in [0.25, 0.3) is 0 Å². The second kappa shape index (κ2) is 5.75. The van der Waals surface area contributed by atoms with Crippen molar-refractivity contribution in [2.24, 2.45) is 0 Å². The number of nitrogens with zero attached hydrogens (tertiary/aromatic N) is 3. The van der Waals surface area contributed by atoms with Crippen LogP contribution in [-0.2, 0) is 13.0 Å². The van der Waals surface area contributed by atoms with Crippen molar-refractivity contribution in [3.8, 4) is 0 Å². The highest BCUT2D eigenvalue weighted by atomic mass is 32.1. The number of aromatic nitrogens is 2. The number of aryl methyl sites for hydroxylation is 2. The van der Waals surface area contributed by atoms with E-state index in [1.165, 1.54) is 17.1 Å². The lowest BCUT2D eigenvalue weighted by atomic mass is 10.2. The molecule has 2 rings (SSSR count). The fourth-order valence-electron chi connectivity index (χ4n) is 1.60. The molecule has 7 heteroatoms. The van der Waals surface area contributed by atoms with Gasteiger partial charge < -0.3 is 5.32 Å². The van der Waals surface area contributed by atoms with Crippen LogP contribution in [0.1, 0.15) is 22.4 Å². The molecule has 6 nitrogen and oxygen atoms in total. The van der Waals surface area contributed by atoms with Gasteiger partial charge in [0.1, 0.15) is 17.0 Å². The highest BCUT2D eigenvalue weighted by Gasteiger charge is 2.09. The molecule has 0 radical (unpaired) electrons. The van der Waals surface area contributed by atoms with Crippen molar-refractivity contribution in [2.75, 3.05) is 5.32 Å². The SMILES string of the molecule is CCc1cnc(CNc2ncc([N+](=O)[O-])cc2C)s1. The summed E-state index contributed by atoms with van der Waals surface area (Å²) in [5.41, 5.74) is 0.757. The maximum atomic E-state index is 10.6. The molecule has 0 unspecified atom stereocenters. The molecule has 1 N–H and O–H groups in total. The summed E-state index contributed by atoms with van der Waals surface area (Å²) in [4.78, 5) is 19.8. The van der Waals surface area contributed by atoms with Crippen molar-refractivity contribution in [1.82, 2.24) is 9.97 Å². The zero-order valence-electron chi connectivity index (χ0n) is 10.7. The Morgan fingerprint density at radius 1 is 1.42 bits per heavy atom. The van der Waals surface area contributed by atoms with Gasteiger partial charge in [-0.25, -0.2) is 9.97 Å². The molecular formula is C12H14N4O2S. The maximum Gasteiger partial charge on any atom is 0.287 e. The highest BCUT2D eigenvalue weighted by Crippen LogP contribution is 2.19. The Morgan fingerprint density at radius 2 is 2.21 bits per heavy atom. The highest BCUT2D eigenvalue weighted by molar-refractivity contribution is 7.11. The van der Waals surface area contributed by atoms with Crippen LogP contribution in [-0.4, -0.2) is 14.9 Å². The van der Waals surface area contributed by atoms with Crippen LogP contribution in [0.15, 0.2) is 18.5 Å². The van der Waals surface area contributed by atoms with Gasteiger partial charge in [0.25, 0.3) is 5.69 Å². The fraction of sp³-hybridized carbons (Fsp3) is 0.333. The van der Waals surface area contributed by atoms with E-state index in [2.05, 4.69) is 22.2 Å². The second-order valence-electron chi connectivity index (χ2n) is 4.04. The summed E-state index contributed by atoms with van der Waals surface area (Å²) >= 11 is 1.66. The molecule has 0 saturated carbocycles. The first-order chi connectivity index (χ1) is 9.10. The fourth-order valence-corrected chi connectivity index (χ4v) is 2.40. The predicted octanol–water partition coefficient (Wildman–Crippen LogP) is 2.93. The Balaban J connectivity index is 2.05. The molecule has 0 spiro atoms. The van der Waals surface area contributed by atoms with Gasteiger partial charge in [-0.3, -0.25) is 10.1 Å². The van der Waals surface area contributed by atoms with E-state index in [0.29, 0.717) is 12.4 Å². The molecule has 2 aromatic heterocycles. The zero-order chi connectivity index (χ0) is 13.8. The van der Waals surface area contributed by atoms with Crippen molar-refractivity contribution in [3.63, 3.8) is 0 Å². The number of thiazole rings is 1. The quantitative estimate of drug-likeness (QED) is 0.671. The van der Waals surface area contributed by atoms with Crippen LogP contribution in [0, 0.1) is 17.0 Å². The summed E-state index contributed by atoms with van der Waals surface area (Å²) in [6.07, 6.45) is 4.11. The standard InChI is InChI=1S/C12H14N4O2S/c1-3-10-6-13-11(19-10)7-15-12-8(2)4-9(5-14-12)16(17)18/h4-6H,3,7H2,1-2H3,(H,14,15). The average Bonchev–Trinajstić information content (AvgIpc) is 2.85. The average molecular weight is 278 g/mol. The minimum atomic E-state index is -0.446. The van der Waals surface area contributed by atoms with Crippen LogP contribution in [0.2, 0.25) is 0 Å². The van der Waals surface area contributed by atoms with E-state index in [0.717, 1.165) is 17.0 Å². The third kappa shape index (κ3) is 3.25. The van der Waals surface area contributed by atoms with Gasteiger partial charge in [0.2, 0.25) is 0 Å². The smallest absolute Gasteiger partial charge is 0.287 e. The molecule has 0 amide bonds. The van der Waals surface area contributed by atoms with Crippen LogP contribution in [0.4, 0.5) is 11.5 Å². The summed E-state index contributed by atoms with van der Waals surface area (Å²) in [6.45, 7) is 4.46. The largest absolute Gasteiger partial charge is 0.363 e. The Bertz CT molecular complexity index is 597. The molecule has 0 aliphatic heterocycles. The number of pyridine rings is 1. The summed E-state index contributed by atoms with van der Waals surface area (Å²) in [6, 6.07) is 1.51. The van der Waals surface area contributed by atoms with Gasteiger partial charge in [-0.15, -0.1) is 11.3 Å². The van der Waals surface area contributed by atoms with Gasteiger partial charge in [0, 0.05) is 17.1 Å². The first-order valence-corrected chi connectivity index (χ1v) is 6.70. The van der Waals surface area contributed by atoms with Gasteiger partial charge in [-0.05, 0) is 18.9 Å². The number of hydrogen-bond donors (Lipinski definition) is 1. The summed E-state index contributed by atoms with van der Waals surface area (Å²) < 4.78 is 0. The van der Waals surface area contributed by atoms with Crippen LogP contribution in [0.3, 0.4) is 0 Å². The Labute approximate surface area is 114 Å². The van der Waals surface area contributed by atoms with Crippen molar-refractivity contribution in [2.45, 2.75) is 26.8 Å².